The van der Waals surface area contributed by atoms with Crippen LogP contribution in [0, 0.1) is 0 Å². The largest absolute Gasteiger partial charge is 0.332 e. The lowest BCUT2D eigenvalue weighted by molar-refractivity contribution is 0.505. The smallest absolute Gasteiger partial charge is 0.189 e. The van der Waals surface area contributed by atoms with Gasteiger partial charge < -0.3 is 0 Å². The molecule has 0 amide bonds. The molecule has 0 aliphatic heterocycles. The van der Waals surface area contributed by atoms with Gasteiger partial charge in [-0.05, 0) is 29.5 Å². The van der Waals surface area contributed by atoms with Gasteiger partial charge in [-0.1, -0.05) is 32.9 Å². The van der Waals surface area contributed by atoms with Crippen molar-refractivity contribution in [2.45, 2.75) is 37.5 Å². The first-order valence-electron chi connectivity index (χ1n) is 4.82. The van der Waals surface area contributed by atoms with Crippen molar-refractivity contribution in [3.63, 3.8) is 0 Å². The molecular weight excluding hydrogens is 215 g/mol. The fraction of sp³-hybridized carbons (Fsp3) is 0.455. The Morgan fingerprint density at radius 1 is 1.20 bits per heavy atom. The molecule has 0 N–H and O–H groups in total. The minimum atomic E-state index is -4.57. The van der Waals surface area contributed by atoms with E-state index in [4.69, 9.17) is 0 Å². The molecule has 0 saturated heterocycles. The van der Waals surface area contributed by atoms with Crippen LogP contribution in [-0.4, -0.2) is 8.42 Å². The van der Waals surface area contributed by atoms with Crippen molar-refractivity contribution < 1.29 is 12.3 Å². The summed E-state index contributed by atoms with van der Waals surface area (Å²) in [6.07, 6.45) is 0.939. The lowest BCUT2D eigenvalue weighted by atomic mass is 9.82. The Balaban J connectivity index is 3.12. The molecule has 84 valence electrons. The Labute approximate surface area is 90.3 Å². The normalized spacial score (nSPS) is 12.8. The van der Waals surface area contributed by atoms with E-state index in [9.17, 15) is 12.3 Å². The monoisotopic (exact) mass is 230 g/mol. The van der Waals surface area contributed by atoms with E-state index >= 15 is 0 Å². The summed E-state index contributed by atoms with van der Waals surface area (Å²) in [5, 5.41) is 0. The highest BCUT2D eigenvalue weighted by Crippen LogP contribution is 2.27. The van der Waals surface area contributed by atoms with Crippen molar-refractivity contribution in [1.82, 2.24) is 0 Å². The topological polar surface area (TPSA) is 34.1 Å². The number of hydrogen-bond acceptors (Lipinski definition) is 2. The minimum Gasteiger partial charge on any atom is -0.189 e. The molecule has 1 aromatic rings. The second-order valence-electron chi connectivity index (χ2n) is 4.20. The highest BCUT2D eigenvalue weighted by molar-refractivity contribution is 7.86. The number of halogens is 1. The van der Waals surface area contributed by atoms with E-state index in [2.05, 4.69) is 20.8 Å². The predicted molar refractivity (Wildman–Crippen MR) is 58.1 cm³/mol. The lowest BCUT2D eigenvalue weighted by Gasteiger charge is -2.23. The van der Waals surface area contributed by atoms with Crippen LogP contribution in [0.5, 0.6) is 0 Å². The van der Waals surface area contributed by atoms with Crippen LogP contribution in [0.4, 0.5) is 3.89 Å². The highest BCUT2D eigenvalue weighted by Gasteiger charge is 2.19. The van der Waals surface area contributed by atoms with Gasteiger partial charge in [0.25, 0.3) is 0 Å². The van der Waals surface area contributed by atoms with Gasteiger partial charge in [-0.25, -0.2) is 0 Å². The Bertz CT molecular complexity index is 432. The van der Waals surface area contributed by atoms with Crippen LogP contribution in [0.25, 0.3) is 0 Å². The summed E-state index contributed by atoms with van der Waals surface area (Å²) >= 11 is 0. The second kappa shape index (κ2) is 3.93. The van der Waals surface area contributed by atoms with Crippen LogP contribution < -0.4 is 0 Å². The van der Waals surface area contributed by atoms with Crippen molar-refractivity contribution in [3.05, 3.63) is 29.8 Å². The molecule has 2 nitrogen and oxygen atoms in total. The van der Waals surface area contributed by atoms with Gasteiger partial charge in [-0.2, -0.15) is 8.42 Å². The summed E-state index contributed by atoms with van der Waals surface area (Å²) in [5.41, 5.74) is 0.996. The van der Waals surface area contributed by atoms with Gasteiger partial charge >= 0.3 is 10.2 Å². The van der Waals surface area contributed by atoms with Gasteiger partial charge in [-0.15, -0.1) is 3.89 Å². The Morgan fingerprint density at radius 3 is 2.00 bits per heavy atom. The van der Waals surface area contributed by atoms with E-state index in [1.807, 2.05) is 0 Å². The molecule has 0 radical (unpaired) electrons. The van der Waals surface area contributed by atoms with Crippen molar-refractivity contribution in [2.24, 2.45) is 0 Å². The first-order valence-corrected chi connectivity index (χ1v) is 6.21. The fourth-order valence-electron chi connectivity index (χ4n) is 1.27. The Morgan fingerprint density at radius 2 is 1.67 bits per heavy atom. The van der Waals surface area contributed by atoms with Crippen LogP contribution in [0.3, 0.4) is 0 Å². The SMILES string of the molecule is CCC(C)(C)c1ccc(S(=O)(=O)F)cc1. The van der Waals surface area contributed by atoms with Crippen molar-refractivity contribution >= 4 is 10.2 Å². The number of hydrogen-bond donors (Lipinski definition) is 0. The molecule has 0 atom stereocenters. The summed E-state index contributed by atoms with van der Waals surface area (Å²) in [4.78, 5) is -0.279. The highest BCUT2D eigenvalue weighted by atomic mass is 32.3. The summed E-state index contributed by atoms with van der Waals surface area (Å²) in [6.45, 7) is 6.18. The zero-order valence-electron chi connectivity index (χ0n) is 9.12. The molecule has 0 aliphatic carbocycles. The fourth-order valence-corrected chi connectivity index (χ4v) is 1.73. The van der Waals surface area contributed by atoms with E-state index in [-0.39, 0.29) is 10.3 Å². The average molecular weight is 230 g/mol. The van der Waals surface area contributed by atoms with Gasteiger partial charge in [0, 0.05) is 0 Å². The molecular formula is C11H15FO2S. The Hall–Kier alpha value is -0.900. The first-order chi connectivity index (χ1) is 6.77. The molecule has 4 heteroatoms. The van der Waals surface area contributed by atoms with Crippen molar-refractivity contribution in [3.8, 4) is 0 Å². The van der Waals surface area contributed by atoms with E-state index in [0.717, 1.165) is 12.0 Å². The molecule has 0 fully saturated rings. The summed E-state index contributed by atoms with van der Waals surface area (Å²) < 4.78 is 33.8. The van der Waals surface area contributed by atoms with Crippen LogP contribution in [0.15, 0.2) is 29.2 Å². The number of rotatable bonds is 3. The van der Waals surface area contributed by atoms with E-state index in [1.165, 1.54) is 12.1 Å². The van der Waals surface area contributed by atoms with Crippen molar-refractivity contribution in [1.29, 1.82) is 0 Å². The average Bonchev–Trinajstić information content (AvgIpc) is 2.17. The van der Waals surface area contributed by atoms with Gasteiger partial charge in [0.15, 0.2) is 0 Å². The molecule has 0 saturated carbocycles. The maximum absolute atomic E-state index is 12.6. The third kappa shape index (κ3) is 2.78. The van der Waals surface area contributed by atoms with Crippen LogP contribution in [0.2, 0.25) is 0 Å². The molecule has 0 heterocycles. The van der Waals surface area contributed by atoms with Gasteiger partial charge in [0.05, 0.1) is 4.90 Å². The van der Waals surface area contributed by atoms with Crippen molar-refractivity contribution in [2.75, 3.05) is 0 Å². The van der Waals surface area contributed by atoms with Gasteiger partial charge in [0.2, 0.25) is 0 Å². The molecule has 1 rings (SSSR count). The minimum absolute atomic E-state index is 0.0153. The maximum atomic E-state index is 12.6. The quantitative estimate of drug-likeness (QED) is 0.748. The first kappa shape index (κ1) is 12.2. The van der Waals surface area contributed by atoms with Gasteiger partial charge in [0.1, 0.15) is 0 Å². The predicted octanol–water partition coefficient (Wildman–Crippen LogP) is 3.03. The van der Waals surface area contributed by atoms with Crippen LogP contribution >= 0.6 is 0 Å². The number of benzene rings is 1. The van der Waals surface area contributed by atoms with E-state index in [1.54, 1.807) is 12.1 Å². The van der Waals surface area contributed by atoms with Crippen LogP contribution in [0.1, 0.15) is 32.8 Å². The lowest BCUT2D eigenvalue weighted by Crippen LogP contribution is -2.15. The van der Waals surface area contributed by atoms with Crippen LogP contribution in [-0.2, 0) is 15.6 Å². The van der Waals surface area contributed by atoms with E-state index in [0.29, 0.717) is 0 Å². The molecule has 0 bridgehead atoms. The third-order valence-electron chi connectivity index (χ3n) is 2.80. The van der Waals surface area contributed by atoms with E-state index < -0.39 is 10.2 Å². The maximum Gasteiger partial charge on any atom is 0.332 e. The summed E-state index contributed by atoms with van der Waals surface area (Å²) in [7, 11) is -4.57. The zero-order chi connectivity index (χ0) is 11.7. The van der Waals surface area contributed by atoms with Gasteiger partial charge in [-0.3, -0.25) is 0 Å². The molecule has 1 aromatic carbocycles. The summed E-state index contributed by atoms with van der Waals surface area (Å²) in [5.74, 6) is 0. The molecule has 0 unspecified atom stereocenters. The molecule has 0 aliphatic rings. The Kier molecular flexibility index (Phi) is 3.19. The molecule has 0 aromatic heterocycles. The molecule has 15 heavy (non-hydrogen) atoms. The molecule has 0 spiro atoms. The second-order valence-corrected chi connectivity index (χ2v) is 5.55. The standard InChI is InChI=1S/C11H15FO2S/c1-4-11(2,3)9-5-7-10(8-6-9)15(12,13)14/h5-8H,4H2,1-3H3. The summed E-state index contributed by atoms with van der Waals surface area (Å²) in [6, 6.07) is 5.94. The third-order valence-corrected chi connectivity index (χ3v) is 3.64. The zero-order valence-corrected chi connectivity index (χ0v) is 9.94.